The summed E-state index contributed by atoms with van der Waals surface area (Å²) in [5.74, 6) is -0.833. The first-order valence-electron chi connectivity index (χ1n) is 4.33. The van der Waals surface area contributed by atoms with Crippen molar-refractivity contribution < 1.29 is 15.0 Å². The fraction of sp³-hybridized carbons (Fsp3) is 0.778. The lowest BCUT2D eigenvalue weighted by Gasteiger charge is -2.24. The highest BCUT2D eigenvalue weighted by Gasteiger charge is 2.28. The normalized spacial score (nSPS) is 19.2. The molecule has 0 radical (unpaired) electrons. The molecule has 0 atom stereocenters. The monoisotopic (exact) mass is 185 g/mol. The van der Waals surface area contributed by atoms with Gasteiger partial charge in [0.05, 0.1) is 6.07 Å². The number of carboxylic acid groups (broad SMARTS) is 1. The number of carboxylic acids is 1. The molecule has 2 N–H and O–H groups in total. The first kappa shape index (κ1) is 11.9. The minimum Gasteiger partial charge on any atom is -0.481 e. The van der Waals surface area contributed by atoms with E-state index in [4.69, 9.17) is 15.2 Å². The van der Waals surface area contributed by atoms with E-state index in [0.29, 0.717) is 12.8 Å². The minimum atomic E-state index is -0.974. The van der Waals surface area contributed by atoms with Crippen LogP contribution in [0.2, 0.25) is 0 Å². The summed E-state index contributed by atoms with van der Waals surface area (Å²) in [5, 5.41) is 25.2. The molecule has 0 heterocycles. The molecule has 0 amide bonds. The molecule has 0 saturated heterocycles. The summed E-state index contributed by atoms with van der Waals surface area (Å²) in [5.41, 5.74) is -0.974. The second-order valence-electron chi connectivity index (χ2n) is 3.22. The molecule has 0 unspecified atom stereocenters. The van der Waals surface area contributed by atoms with Crippen molar-refractivity contribution in [1.82, 2.24) is 0 Å². The van der Waals surface area contributed by atoms with Gasteiger partial charge in [0.2, 0.25) is 0 Å². The Kier molecular flexibility index (Phi) is 5.09. The number of aliphatic carboxylic acids is 1. The predicted molar refractivity (Wildman–Crippen MR) is 47.0 cm³/mol. The van der Waals surface area contributed by atoms with Gasteiger partial charge in [-0.15, -0.1) is 0 Å². The number of nitrogens with zero attached hydrogens (tertiary/aromatic N) is 1. The third kappa shape index (κ3) is 6.12. The Bertz CT molecular complexity index is 197. The first-order valence-corrected chi connectivity index (χ1v) is 4.33. The zero-order valence-electron chi connectivity index (χ0n) is 7.79. The Morgan fingerprint density at radius 3 is 2.00 bits per heavy atom. The van der Waals surface area contributed by atoms with Crippen molar-refractivity contribution in [3.05, 3.63) is 0 Å². The van der Waals surface area contributed by atoms with Gasteiger partial charge in [-0.25, -0.2) is 0 Å². The van der Waals surface area contributed by atoms with Gasteiger partial charge in [-0.1, -0.05) is 6.42 Å². The van der Waals surface area contributed by atoms with E-state index in [-0.39, 0.29) is 0 Å². The van der Waals surface area contributed by atoms with Crippen LogP contribution in [-0.2, 0) is 4.79 Å². The SMILES string of the molecule is CC(=O)O.N#CC1(O)CCCCC1. The standard InChI is InChI=1S/C7H11NO.C2H4O2/c8-6-7(9)4-2-1-3-5-7;1-2(3)4/h9H,1-5H2;1H3,(H,3,4). The number of hydrogen-bond acceptors (Lipinski definition) is 3. The van der Waals surface area contributed by atoms with Crippen LogP contribution in [0.5, 0.6) is 0 Å². The van der Waals surface area contributed by atoms with E-state index in [0.717, 1.165) is 19.8 Å². The molecular weight excluding hydrogens is 170 g/mol. The zero-order valence-corrected chi connectivity index (χ0v) is 7.79. The molecule has 0 aromatic carbocycles. The number of carbonyl (C=O) groups is 1. The highest BCUT2D eigenvalue weighted by Crippen LogP contribution is 2.26. The molecule has 1 saturated carbocycles. The Balaban J connectivity index is 0.000000310. The lowest BCUT2D eigenvalue weighted by Crippen LogP contribution is -2.28. The van der Waals surface area contributed by atoms with Gasteiger partial charge in [0.1, 0.15) is 0 Å². The number of hydrogen-bond donors (Lipinski definition) is 2. The third-order valence-corrected chi connectivity index (χ3v) is 1.89. The molecule has 1 aliphatic rings. The zero-order chi connectivity index (χ0) is 10.3. The van der Waals surface area contributed by atoms with Gasteiger partial charge in [0.25, 0.3) is 5.97 Å². The molecule has 0 aromatic heterocycles. The van der Waals surface area contributed by atoms with Crippen LogP contribution in [0.3, 0.4) is 0 Å². The summed E-state index contributed by atoms with van der Waals surface area (Å²) >= 11 is 0. The Morgan fingerprint density at radius 1 is 1.38 bits per heavy atom. The lowest BCUT2D eigenvalue weighted by atomic mass is 9.86. The molecule has 0 spiro atoms. The molecule has 74 valence electrons. The highest BCUT2D eigenvalue weighted by atomic mass is 16.4. The minimum absolute atomic E-state index is 0.670. The van der Waals surface area contributed by atoms with Gasteiger partial charge in [-0.3, -0.25) is 4.79 Å². The Labute approximate surface area is 77.8 Å². The summed E-state index contributed by atoms with van der Waals surface area (Å²) < 4.78 is 0. The van der Waals surface area contributed by atoms with Gasteiger partial charge < -0.3 is 10.2 Å². The maximum atomic E-state index is 9.32. The van der Waals surface area contributed by atoms with E-state index in [2.05, 4.69) is 0 Å². The van der Waals surface area contributed by atoms with Crippen LogP contribution in [0.1, 0.15) is 39.0 Å². The molecule has 1 aliphatic carbocycles. The smallest absolute Gasteiger partial charge is 0.300 e. The fourth-order valence-corrected chi connectivity index (χ4v) is 1.25. The molecule has 1 fully saturated rings. The molecule has 4 heteroatoms. The average Bonchev–Trinajstić information content (AvgIpc) is 2.05. The van der Waals surface area contributed by atoms with Crippen LogP contribution in [0.15, 0.2) is 0 Å². The van der Waals surface area contributed by atoms with E-state index in [9.17, 15) is 5.11 Å². The molecule has 0 aromatic rings. The maximum Gasteiger partial charge on any atom is 0.300 e. The number of aliphatic hydroxyl groups is 1. The molecule has 1 rings (SSSR count). The fourth-order valence-electron chi connectivity index (χ4n) is 1.25. The second kappa shape index (κ2) is 5.55. The van der Waals surface area contributed by atoms with Gasteiger partial charge in [-0.05, 0) is 25.7 Å². The summed E-state index contributed by atoms with van der Waals surface area (Å²) in [6.07, 6.45) is 4.52. The summed E-state index contributed by atoms with van der Waals surface area (Å²) in [6, 6.07) is 1.94. The van der Waals surface area contributed by atoms with E-state index in [1.807, 2.05) is 6.07 Å². The first-order chi connectivity index (χ1) is 6.00. The van der Waals surface area contributed by atoms with E-state index in [1.54, 1.807) is 0 Å². The van der Waals surface area contributed by atoms with Gasteiger partial charge in [0.15, 0.2) is 5.60 Å². The average molecular weight is 185 g/mol. The van der Waals surface area contributed by atoms with Crippen LogP contribution in [0.25, 0.3) is 0 Å². The maximum absolute atomic E-state index is 9.32. The van der Waals surface area contributed by atoms with Crippen molar-refractivity contribution >= 4 is 5.97 Å². The van der Waals surface area contributed by atoms with Crippen LogP contribution in [0, 0.1) is 11.3 Å². The molecular formula is C9H15NO3. The predicted octanol–water partition coefficient (Wildman–Crippen LogP) is 1.30. The van der Waals surface area contributed by atoms with Gasteiger partial charge in [-0.2, -0.15) is 5.26 Å². The summed E-state index contributed by atoms with van der Waals surface area (Å²) in [4.78, 5) is 9.00. The largest absolute Gasteiger partial charge is 0.481 e. The van der Waals surface area contributed by atoms with Crippen LogP contribution in [0.4, 0.5) is 0 Å². The topological polar surface area (TPSA) is 81.3 Å². The van der Waals surface area contributed by atoms with Crippen LogP contribution >= 0.6 is 0 Å². The lowest BCUT2D eigenvalue weighted by molar-refractivity contribution is -0.134. The van der Waals surface area contributed by atoms with Crippen molar-refractivity contribution in [2.45, 2.75) is 44.6 Å². The third-order valence-electron chi connectivity index (χ3n) is 1.89. The molecule has 4 nitrogen and oxygen atoms in total. The summed E-state index contributed by atoms with van der Waals surface area (Å²) in [7, 11) is 0. The Hall–Kier alpha value is -1.08. The van der Waals surface area contributed by atoms with Crippen molar-refractivity contribution in [3.8, 4) is 6.07 Å². The number of nitriles is 1. The quantitative estimate of drug-likeness (QED) is 0.557. The number of rotatable bonds is 0. The van der Waals surface area contributed by atoms with Crippen molar-refractivity contribution in [3.63, 3.8) is 0 Å². The Morgan fingerprint density at radius 2 is 1.77 bits per heavy atom. The van der Waals surface area contributed by atoms with Gasteiger partial charge in [0, 0.05) is 6.92 Å². The van der Waals surface area contributed by atoms with Gasteiger partial charge >= 0.3 is 0 Å². The molecule has 0 aliphatic heterocycles. The van der Waals surface area contributed by atoms with E-state index >= 15 is 0 Å². The molecule has 0 bridgehead atoms. The van der Waals surface area contributed by atoms with Crippen molar-refractivity contribution in [2.24, 2.45) is 0 Å². The highest BCUT2D eigenvalue weighted by molar-refractivity contribution is 5.62. The van der Waals surface area contributed by atoms with Crippen molar-refractivity contribution in [1.29, 1.82) is 5.26 Å². The van der Waals surface area contributed by atoms with Crippen molar-refractivity contribution in [2.75, 3.05) is 0 Å². The van der Waals surface area contributed by atoms with Crippen LogP contribution < -0.4 is 0 Å². The summed E-state index contributed by atoms with van der Waals surface area (Å²) in [6.45, 7) is 1.08. The molecule has 13 heavy (non-hydrogen) atoms. The van der Waals surface area contributed by atoms with E-state index < -0.39 is 11.6 Å². The van der Waals surface area contributed by atoms with Crippen LogP contribution in [-0.4, -0.2) is 21.8 Å². The second-order valence-corrected chi connectivity index (χ2v) is 3.22. The van der Waals surface area contributed by atoms with E-state index in [1.165, 1.54) is 6.42 Å².